The number of rotatable bonds is 6. The highest BCUT2D eigenvalue weighted by atomic mass is 32.2. The second-order valence-corrected chi connectivity index (χ2v) is 10.8. The van der Waals surface area contributed by atoms with Crippen molar-refractivity contribution in [1.82, 2.24) is 4.31 Å². The van der Waals surface area contributed by atoms with E-state index in [1.807, 2.05) is 37.3 Å². The summed E-state index contributed by atoms with van der Waals surface area (Å²) in [4.78, 5) is 12.4. The molecule has 0 spiro atoms. The zero-order valence-corrected chi connectivity index (χ0v) is 20.4. The molecule has 0 aromatic heterocycles. The van der Waals surface area contributed by atoms with Crippen molar-refractivity contribution >= 4 is 16.0 Å². The summed E-state index contributed by atoms with van der Waals surface area (Å²) in [5.74, 6) is -0.769. The van der Waals surface area contributed by atoms with E-state index in [1.165, 1.54) is 4.31 Å². The number of hydrogen-bond acceptors (Lipinski definition) is 3. The summed E-state index contributed by atoms with van der Waals surface area (Å²) in [5.41, 5.74) is 3.63. The summed E-state index contributed by atoms with van der Waals surface area (Å²) < 4.78 is 29.6. The van der Waals surface area contributed by atoms with Gasteiger partial charge in [-0.3, -0.25) is 0 Å². The minimum absolute atomic E-state index is 0.0666. The van der Waals surface area contributed by atoms with Crippen LogP contribution in [0.3, 0.4) is 0 Å². The van der Waals surface area contributed by atoms with Gasteiger partial charge < -0.3 is 5.11 Å². The second kappa shape index (κ2) is 9.57. The van der Waals surface area contributed by atoms with Crippen LogP contribution in [-0.4, -0.2) is 23.8 Å². The van der Waals surface area contributed by atoms with Gasteiger partial charge in [0.2, 0.25) is 10.0 Å². The standard InChI is InChI=1S/C28H29NO4S/c1-19(2)21-11-13-22(14-12-21)26-18-17-25(28(30)31)27(23-7-5-4-6-8-23)29(26)34(32,33)24-15-9-20(3)10-16-24/h4-17,19,26-27H,18H2,1-3H3,(H,30,31). The molecular weight excluding hydrogens is 446 g/mol. The Morgan fingerprint density at radius 3 is 2.09 bits per heavy atom. The van der Waals surface area contributed by atoms with E-state index in [2.05, 4.69) is 13.8 Å². The summed E-state index contributed by atoms with van der Waals surface area (Å²) in [7, 11) is -4.04. The summed E-state index contributed by atoms with van der Waals surface area (Å²) >= 11 is 0. The van der Waals surface area contributed by atoms with E-state index < -0.39 is 28.1 Å². The van der Waals surface area contributed by atoms with Crippen molar-refractivity contribution in [3.05, 3.63) is 113 Å². The lowest BCUT2D eigenvalue weighted by atomic mass is 9.89. The van der Waals surface area contributed by atoms with Crippen LogP contribution in [0.5, 0.6) is 0 Å². The molecule has 0 radical (unpaired) electrons. The average molecular weight is 476 g/mol. The third-order valence-electron chi connectivity index (χ3n) is 6.36. The van der Waals surface area contributed by atoms with E-state index in [1.54, 1.807) is 54.6 Å². The Hall–Kier alpha value is -3.22. The molecule has 2 atom stereocenters. The highest BCUT2D eigenvalue weighted by Gasteiger charge is 2.44. The first-order valence-electron chi connectivity index (χ1n) is 11.4. The first-order valence-corrected chi connectivity index (χ1v) is 12.8. The third-order valence-corrected chi connectivity index (χ3v) is 8.25. The molecule has 6 heteroatoms. The Balaban J connectivity index is 1.93. The van der Waals surface area contributed by atoms with Gasteiger partial charge in [-0.05, 0) is 48.1 Å². The molecule has 3 aromatic rings. The van der Waals surface area contributed by atoms with Crippen molar-refractivity contribution < 1.29 is 18.3 Å². The molecule has 4 rings (SSSR count). The topological polar surface area (TPSA) is 74.7 Å². The summed E-state index contributed by atoms with van der Waals surface area (Å²) in [6, 6.07) is 22.1. The third kappa shape index (κ3) is 4.56. The number of sulfonamides is 1. The minimum Gasteiger partial charge on any atom is -0.478 e. The molecular formula is C28H29NO4S. The molecule has 0 amide bonds. The van der Waals surface area contributed by atoms with Gasteiger partial charge in [0, 0.05) is 0 Å². The lowest BCUT2D eigenvalue weighted by molar-refractivity contribution is -0.133. The maximum atomic E-state index is 14.1. The molecule has 0 saturated heterocycles. The van der Waals surface area contributed by atoms with Gasteiger partial charge in [-0.15, -0.1) is 0 Å². The summed E-state index contributed by atoms with van der Waals surface area (Å²) in [5, 5.41) is 10.0. The van der Waals surface area contributed by atoms with Crippen LogP contribution in [0.4, 0.5) is 0 Å². The van der Waals surface area contributed by atoms with Crippen LogP contribution in [0.15, 0.2) is 95.4 Å². The fourth-order valence-electron chi connectivity index (χ4n) is 4.46. The van der Waals surface area contributed by atoms with E-state index in [4.69, 9.17) is 0 Å². The van der Waals surface area contributed by atoms with E-state index in [0.717, 1.165) is 16.7 Å². The van der Waals surface area contributed by atoms with Gasteiger partial charge in [-0.25, -0.2) is 13.2 Å². The molecule has 34 heavy (non-hydrogen) atoms. The Morgan fingerprint density at radius 2 is 1.53 bits per heavy atom. The molecule has 0 bridgehead atoms. The van der Waals surface area contributed by atoms with Crippen LogP contribution in [-0.2, 0) is 14.8 Å². The summed E-state index contributed by atoms with van der Waals surface area (Å²) in [6.07, 6.45) is 1.94. The number of aryl methyl sites for hydroxylation is 1. The molecule has 1 aliphatic heterocycles. The van der Waals surface area contributed by atoms with Gasteiger partial charge in [0.25, 0.3) is 0 Å². The Kier molecular flexibility index (Phi) is 6.73. The van der Waals surface area contributed by atoms with Crippen molar-refractivity contribution in [1.29, 1.82) is 0 Å². The number of nitrogens with zero attached hydrogens (tertiary/aromatic N) is 1. The van der Waals surface area contributed by atoms with Gasteiger partial charge in [0.1, 0.15) is 0 Å². The monoisotopic (exact) mass is 475 g/mol. The Bertz CT molecular complexity index is 1290. The van der Waals surface area contributed by atoms with Crippen LogP contribution in [0, 0.1) is 6.92 Å². The zero-order chi connectivity index (χ0) is 24.5. The highest BCUT2D eigenvalue weighted by Crippen LogP contribution is 2.45. The van der Waals surface area contributed by atoms with Crippen LogP contribution in [0.1, 0.15) is 60.5 Å². The van der Waals surface area contributed by atoms with Crippen molar-refractivity contribution in [2.24, 2.45) is 0 Å². The normalized spacial score (nSPS) is 19.1. The predicted octanol–water partition coefficient (Wildman–Crippen LogP) is 6.01. The first kappa shape index (κ1) is 23.9. The molecule has 0 aliphatic carbocycles. The van der Waals surface area contributed by atoms with Gasteiger partial charge in [-0.1, -0.05) is 92.2 Å². The summed E-state index contributed by atoms with van der Waals surface area (Å²) in [6.45, 7) is 6.11. The number of aliphatic carboxylic acids is 1. The van der Waals surface area contributed by atoms with Crippen LogP contribution in [0.25, 0.3) is 0 Å². The predicted molar refractivity (Wildman–Crippen MR) is 133 cm³/mol. The van der Waals surface area contributed by atoms with Crippen molar-refractivity contribution in [2.45, 2.75) is 50.1 Å². The van der Waals surface area contributed by atoms with E-state index >= 15 is 0 Å². The lowest BCUT2D eigenvalue weighted by Crippen LogP contribution is -2.42. The van der Waals surface area contributed by atoms with E-state index in [-0.39, 0.29) is 16.9 Å². The first-order chi connectivity index (χ1) is 16.2. The Morgan fingerprint density at radius 1 is 0.912 bits per heavy atom. The second-order valence-electron chi connectivity index (χ2n) is 9.00. The quantitative estimate of drug-likeness (QED) is 0.474. The molecule has 1 heterocycles. The fourth-order valence-corrected chi connectivity index (χ4v) is 6.24. The van der Waals surface area contributed by atoms with Crippen LogP contribution in [0.2, 0.25) is 0 Å². The van der Waals surface area contributed by atoms with Gasteiger partial charge in [0.15, 0.2) is 0 Å². The van der Waals surface area contributed by atoms with E-state index in [0.29, 0.717) is 11.5 Å². The maximum absolute atomic E-state index is 14.1. The zero-order valence-electron chi connectivity index (χ0n) is 19.5. The van der Waals surface area contributed by atoms with E-state index in [9.17, 15) is 18.3 Å². The molecule has 3 aromatic carbocycles. The number of carboxylic acid groups (broad SMARTS) is 1. The smallest absolute Gasteiger partial charge is 0.333 e. The SMILES string of the molecule is Cc1ccc(S(=O)(=O)N2C(c3ccc(C(C)C)cc3)CC=C(C(=O)O)C2c2ccccc2)cc1. The van der Waals surface area contributed by atoms with Gasteiger partial charge in [0.05, 0.1) is 22.6 Å². The minimum atomic E-state index is -4.04. The number of benzene rings is 3. The molecule has 176 valence electrons. The number of carbonyl (C=O) groups is 1. The molecule has 0 saturated carbocycles. The van der Waals surface area contributed by atoms with Gasteiger partial charge >= 0.3 is 5.97 Å². The molecule has 5 nitrogen and oxygen atoms in total. The molecule has 1 aliphatic rings. The molecule has 0 fully saturated rings. The van der Waals surface area contributed by atoms with Gasteiger partial charge in [-0.2, -0.15) is 4.31 Å². The van der Waals surface area contributed by atoms with Crippen LogP contribution >= 0.6 is 0 Å². The largest absolute Gasteiger partial charge is 0.478 e. The maximum Gasteiger partial charge on any atom is 0.333 e. The molecule has 2 unspecified atom stereocenters. The lowest BCUT2D eigenvalue weighted by Gasteiger charge is -2.40. The number of carboxylic acids is 1. The Labute approximate surface area is 201 Å². The fraction of sp³-hybridized carbons (Fsp3) is 0.250. The van der Waals surface area contributed by atoms with Crippen LogP contribution < -0.4 is 0 Å². The van der Waals surface area contributed by atoms with Crippen molar-refractivity contribution in [3.63, 3.8) is 0 Å². The highest BCUT2D eigenvalue weighted by molar-refractivity contribution is 7.89. The number of hydrogen-bond donors (Lipinski definition) is 1. The average Bonchev–Trinajstić information content (AvgIpc) is 2.84. The molecule has 1 N–H and O–H groups in total. The van der Waals surface area contributed by atoms with Crippen molar-refractivity contribution in [2.75, 3.05) is 0 Å². The van der Waals surface area contributed by atoms with Crippen molar-refractivity contribution in [3.8, 4) is 0 Å².